The summed E-state index contributed by atoms with van der Waals surface area (Å²) in [6, 6.07) is 0. The summed E-state index contributed by atoms with van der Waals surface area (Å²) in [6.45, 7) is 7.58. The fourth-order valence-electron chi connectivity index (χ4n) is 0.740. The Bertz CT molecular complexity index is 180. The number of ether oxygens (including phenoxy) is 1. The Kier molecular flexibility index (Phi) is 25.7. The van der Waals surface area contributed by atoms with Crippen LogP contribution in [0.2, 0.25) is 0 Å². The first kappa shape index (κ1) is 24.0. The molecule has 0 aliphatic rings. The molecule has 0 heterocycles. The molecule has 0 radical (unpaired) electrons. The van der Waals surface area contributed by atoms with Crippen molar-refractivity contribution in [2.75, 3.05) is 33.0 Å². The van der Waals surface area contributed by atoms with Crippen LogP contribution >= 0.6 is 7.82 Å². The van der Waals surface area contributed by atoms with Gasteiger partial charge in [-0.2, -0.15) is 0 Å². The first-order valence-electron chi connectivity index (χ1n) is 6.38. The number of unbranched alkanes of at least 4 members (excludes halogenated alkanes) is 2. The van der Waals surface area contributed by atoms with E-state index < -0.39 is 7.82 Å². The Balaban J connectivity index is -0.000000238. The number of hydrogen-bond donors (Lipinski definition) is 4. The fourth-order valence-corrected chi connectivity index (χ4v) is 1.11. The highest BCUT2D eigenvalue weighted by molar-refractivity contribution is 7.46. The number of aliphatic hydroxyl groups excluding tert-OH is 2. The predicted molar refractivity (Wildman–Crippen MR) is 73.9 cm³/mol. The predicted octanol–water partition coefficient (Wildman–Crippen LogP) is 1.30. The second-order valence-corrected chi connectivity index (χ2v) is 4.50. The standard InChI is InChI=1S/C5H13O4P.C4H10O.C2H6O2/c1-2-3-4-5-9-10(6,7)8;1-3-5-4-2;3-1-2-4/h2-5H2,1H3,(H2,6,7,8);3-4H2,1-2H3;3-4H,1-2H2. The van der Waals surface area contributed by atoms with Gasteiger partial charge in [0, 0.05) is 13.2 Å². The average Bonchev–Trinajstić information content (AvgIpc) is 2.36. The zero-order valence-electron chi connectivity index (χ0n) is 12.1. The summed E-state index contributed by atoms with van der Waals surface area (Å²) in [5.74, 6) is 0. The summed E-state index contributed by atoms with van der Waals surface area (Å²) < 4.78 is 19.1. The van der Waals surface area contributed by atoms with E-state index in [-0.39, 0.29) is 19.8 Å². The number of hydrogen-bond acceptors (Lipinski definition) is 5. The highest BCUT2D eigenvalue weighted by atomic mass is 31.2. The van der Waals surface area contributed by atoms with Crippen molar-refractivity contribution < 1.29 is 33.8 Å². The molecule has 0 unspecified atom stereocenters. The van der Waals surface area contributed by atoms with E-state index in [2.05, 4.69) is 4.52 Å². The van der Waals surface area contributed by atoms with Gasteiger partial charge in [-0.25, -0.2) is 4.57 Å². The number of rotatable bonds is 8. The molecule has 7 nitrogen and oxygen atoms in total. The SMILES string of the molecule is CCCCCOP(=O)(O)O.CCOCC.OCCO. The van der Waals surface area contributed by atoms with Gasteiger partial charge in [0.05, 0.1) is 19.8 Å². The van der Waals surface area contributed by atoms with Gasteiger partial charge in [0.1, 0.15) is 0 Å². The van der Waals surface area contributed by atoms with Crippen molar-refractivity contribution in [3.63, 3.8) is 0 Å². The van der Waals surface area contributed by atoms with Gasteiger partial charge in [0.15, 0.2) is 0 Å². The Morgan fingerprint density at radius 1 is 0.947 bits per heavy atom. The molecule has 0 spiro atoms. The van der Waals surface area contributed by atoms with Gasteiger partial charge in [-0.05, 0) is 20.3 Å². The average molecular weight is 304 g/mol. The van der Waals surface area contributed by atoms with Crippen molar-refractivity contribution >= 4 is 7.82 Å². The number of phosphoric acid groups is 1. The highest BCUT2D eigenvalue weighted by Crippen LogP contribution is 2.35. The lowest BCUT2D eigenvalue weighted by Gasteiger charge is -2.02. The second-order valence-electron chi connectivity index (χ2n) is 3.26. The Labute approximate surface area is 115 Å². The molecule has 0 aromatic rings. The molecule has 0 saturated heterocycles. The smallest absolute Gasteiger partial charge is 0.394 e. The van der Waals surface area contributed by atoms with Crippen molar-refractivity contribution in [3.8, 4) is 0 Å². The molecular formula is C11H29O7P. The van der Waals surface area contributed by atoms with Crippen LogP contribution in [-0.2, 0) is 13.8 Å². The summed E-state index contributed by atoms with van der Waals surface area (Å²) in [5.41, 5.74) is 0. The maximum atomic E-state index is 10.1. The quantitative estimate of drug-likeness (QED) is 0.394. The molecule has 0 saturated carbocycles. The molecule has 0 aliphatic carbocycles. The highest BCUT2D eigenvalue weighted by Gasteiger charge is 2.11. The minimum atomic E-state index is -4.21. The van der Waals surface area contributed by atoms with Gasteiger partial charge in [-0.1, -0.05) is 19.8 Å². The number of phosphoric ester groups is 1. The topological polar surface area (TPSA) is 116 Å². The van der Waals surface area contributed by atoms with Crippen LogP contribution in [0.25, 0.3) is 0 Å². The van der Waals surface area contributed by atoms with Crippen molar-refractivity contribution in [2.24, 2.45) is 0 Å². The second kappa shape index (κ2) is 20.3. The van der Waals surface area contributed by atoms with Crippen LogP contribution in [0.1, 0.15) is 40.0 Å². The number of aliphatic hydroxyl groups is 2. The molecular weight excluding hydrogens is 275 g/mol. The third-order valence-electron chi connectivity index (χ3n) is 1.52. The molecule has 8 heteroatoms. The van der Waals surface area contributed by atoms with E-state index in [0.29, 0.717) is 6.42 Å². The molecule has 0 amide bonds. The maximum Gasteiger partial charge on any atom is 0.469 e. The zero-order valence-corrected chi connectivity index (χ0v) is 13.0. The van der Waals surface area contributed by atoms with Gasteiger partial charge in [-0.15, -0.1) is 0 Å². The van der Waals surface area contributed by atoms with E-state index in [9.17, 15) is 4.57 Å². The van der Waals surface area contributed by atoms with Crippen LogP contribution in [0.15, 0.2) is 0 Å². The van der Waals surface area contributed by atoms with Gasteiger partial charge >= 0.3 is 7.82 Å². The van der Waals surface area contributed by atoms with Crippen LogP contribution in [0, 0.1) is 0 Å². The Hall–Kier alpha value is -0.0100. The van der Waals surface area contributed by atoms with Crippen LogP contribution in [0.3, 0.4) is 0 Å². The van der Waals surface area contributed by atoms with Crippen molar-refractivity contribution in [2.45, 2.75) is 40.0 Å². The zero-order chi connectivity index (χ0) is 15.6. The normalized spacial score (nSPS) is 10.1. The van der Waals surface area contributed by atoms with Crippen LogP contribution in [-0.4, -0.2) is 53.0 Å². The minimum absolute atomic E-state index is 0.125. The van der Waals surface area contributed by atoms with E-state index in [1.165, 1.54) is 0 Å². The molecule has 0 bridgehead atoms. The maximum absolute atomic E-state index is 10.1. The lowest BCUT2D eigenvalue weighted by atomic mass is 10.3. The molecule has 0 fully saturated rings. The van der Waals surface area contributed by atoms with Gasteiger partial charge < -0.3 is 24.7 Å². The van der Waals surface area contributed by atoms with E-state index in [1.54, 1.807) is 0 Å². The third-order valence-corrected chi connectivity index (χ3v) is 2.03. The van der Waals surface area contributed by atoms with E-state index in [4.69, 9.17) is 24.7 Å². The van der Waals surface area contributed by atoms with E-state index in [0.717, 1.165) is 26.1 Å². The van der Waals surface area contributed by atoms with E-state index >= 15 is 0 Å². The summed E-state index contributed by atoms with van der Waals surface area (Å²) in [4.78, 5) is 16.4. The first-order chi connectivity index (χ1) is 8.89. The van der Waals surface area contributed by atoms with E-state index in [1.807, 2.05) is 20.8 Å². The van der Waals surface area contributed by atoms with Crippen LogP contribution < -0.4 is 0 Å². The molecule has 0 aromatic heterocycles. The first-order valence-corrected chi connectivity index (χ1v) is 7.92. The van der Waals surface area contributed by atoms with Gasteiger partial charge in [0.2, 0.25) is 0 Å². The van der Waals surface area contributed by atoms with Gasteiger partial charge in [0.25, 0.3) is 0 Å². The van der Waals surface area contributed by atoms with Crippen molar-refractivity contribution in [3.05, 3.63) is 0 Å². The molecule has 120 valence electrons. The van der Waals surface area contributed by atoms with Crippen LogP contribution in [0.4, 0.5) is 0 Å². The molecule has 0 rings (SSSR count). The molecule has 0 aromatic carbocycles. The summed E-state index contributed by atoms with van der Waals surface area (Å²) in [6.07, 6.45) is 2.67. The third kappa shape index (κ3) is 46.1. The minimum Gasteiger partial charge on any atom is -0.394 e. The lowest BCUT2D eigenvalue weighted by Crippen LogP contribution is -1.91. The molecule has 0 aliphatic heterocycles. The largest absolute Gasteiger partial charge is 0.469 e. The molecule has 4 N–H and O–H groups in total. The van der Waals surface area contributed by atoms with Crippen molar-refractivity contribution in [1.29, 1.82) is 0 Å². The summed E-state index contributed by atoms with van der Waals surface area (Å²) >= 11 is 0. The fraction of sp³-hybridized carbons (Fsp3) is 1.00. The summed E-state index contributed by atoms with van der Waals surface area (Å²) in [5, 5.41) is 15.2. The van der Waals surface area contributed by atoms with Crippen LogP contribution in [0.5, 0.6) is 0 Å². The van der Waals surface area contributed by atoms with Gasteiger partial charge in [-0.3, -0.25) is 4.52 Å². The Morgan fingerprint density at radius 3 is 1.63 bits per heavy atom. The molecule has 19 heavy (non-hydrogen) atoms. The molecule has 0 atom stereocenters. The lowest BCUT2D eigenvalue weighted by molar-refractivity contribution is 0.162. The van der Waals surface area contributed by atoms with Crippen molar-refractivity contribution in [1.82, 2.24) is 0 Å². The summed E-state index contributed by atoms with van der Waals surface area (Å²) in [7, 11) is -4.21. The Morgan fingerprint density at radius 2 is 1.42 bits per heavy atom. The monoisotopic (exact) mass is 304 g/mol.